The standard InChI is InChI=1S/C19H24BrN7O3/c1-4-5-9-29-19-24-16(21)15-17(25-19)27(18(20)23-15)10-12-7-6-8-13(22-12)30-11-14(28)26(2)3/h6-8H,4-5,9-11H2,1-3H3,(H2,21,24,25). The van der Waals surface area contributed by atoms with Crippen molar-refractivity contribution in [1.29, 1.82) is 0 Å². The van der Waals surface area contributed by atoms with Crippen LogP contribution in [-0.2, 0) is 11.3 Å². The summed E-state index contributed by atoms with van der Waals surface area (Å²) in [5.74, 6) is 0.465. The quantitative estimate of drug-likeness (QED) is 0.367. The number of imidazole rings is 1. The van der Waals surface area contributed by atoms with Crippen molar-refractivity contribution in [3.63, 3.8) is 0 Å². The number of halogens is 1. The van der Waals surface area contributed by atoms with Crippen molar-refractivity contribution >= 4 is 38.8 Å². The lowest BCUT2D eigenvalue weighted by atomic mass is 10.3. The number of ether oxygens (including phenoxy) is 2. The topological polar surface area (TPSA) is 121 Å². The van der Waals surface area contributed by atoms with Crippen molar-refractivity contribution in [2.45, 2.75) is 26.3 Å². The number of pyridine rings is 1. The van der Waals surface area contributed by atoms with E-state index in [-0.39, 0.29) is 24.3 Å². The molecule has 0 radical (unpaired) electrons. The summed E-state index contributed by atoms with van der Waals surface area (Å²) in [6.07, 6.45) is 1.91. The van der Waals surface area contributed by atoms with Gasteiger partial charge in [-0.3, -0.25) is 9.36 Å². The molecule has 3 heterocycles. The highest BCUT2D eigenvalue weighted by Gasteiger charge is 2.17. The van der Waals surface area contributed by atoms with Gasteiger partial charge in [-0.25, -0.2) is 9.97 Å². The molecule has 160 valence electrons. The minimum absolute atomic E-state index is 0.0800. The maximum absolute atomic E-state index is 11.7. The summed E-state index contributed by atoms with van der Waals surface area (Å²) in [4.78, 5) is 30.7. The van der Waals surface area contributed by atoms with E-state index < -0.39 is 0 Å². The molecule has 3 rings (SSSR count). The minimum Gasteiger partial charge on any atom is -0.468 e. The maximum atomic E-state index is 11.7. The van der Waals surface area contributed by atoms with E-state index >= 15 is 0 Å². The van der Waals surface area contributed by atoms with Gasteiger partial charge in [0.15, 0.2) is 28.3 Å². The SMILES string of the molecule is CCCCOc1nc(N)c2nc(Br)n(Cc3cccc(OCC(=O)N(C)C)n3)c2n1. The number of nitrogen functional groups attached to an aromatic ring is 1. The zero-order valence-corrected chi connectivity index (χ0v) is 18.7. The number of likely N-dealkylation sites (N-methyl/N-ethyl adjacent to an activating group) is 1. The van der Waals surface area contributed by atoms with Crippen molar-refractivity contribution in [3.8, 4) is 11.9 Å². The predicted octanol–water partition coefficient (Wildman–Crippen LogP) is 2.26. The molecular weight excluding hydrogens is 454 g/mol. The number of carbonyl (C=O) groups excluding carboxylic acids is 1. The second-order valence-corrected chi connectivity index (χ2v) is 7.49. The van der Waals surface area contributed by atoms with Crippen LogP contribution in [0.3, 0.4) is 0 Å². The Morgan fingerprint density at radius 3 is 2.73 bits per heavy atom. The summed E-state index contributed by atoms with van der Waals surface area (Å²) in [7, 11) is 3.34. The average molecular weight is 478 g/mol. The van der Waals surface area contributed by atoms with Crippen LogP contribution in [0.1, 0.15) is 25.5 Å². The zero-order chi connectivity index (χ0) is 21.7. The molecule has 0 atom stereocenters. The first-order valence-electron chi connectivity index (χ1n) is 9.50. The highest BCUT2D eigenvalue weighted by molar-refractivity contribution is 9.10. The number of amides is 1. The Balaban J connectivity index is 1.83. The first-order chi connectivity index (χ1) is 14.4. The van der Waals surface area contributed by atoms with Crippen LogP contribution in [0.25, 0.3) is 11.2 Å². The Morgan fingerprint density at radius 2 is 2.00 bits per heavy atom. The molecule has 3 aromatic rings. The second kappa shape index (κ2) is 9.70. The van der Waals surface area contributed by atoms with Crippen LogP contribution in [0.15, 0.2) is 22.9 Å². The Hall–Kier alpha value is -2.95. The number of fused-ring (bicyclic) bond motifs is 1. The van der Waals surface area contributed by atoms with Gasteiger partial charge >= 0.3 is 6.01 Å². The van der Waals surface area contributed by atoms with E-state index in [1.807, 2.05) is 16.7 Å². The Morgan fingerprint density at radius 1 is 1.20 bits per heavy atom. The largest absolute Gasteiger partial charge is 0.468 e. The molecule has 0 spiro atoms. The first-order valence-corrected chi connectivity index (χ1v) is 10.3. The number of unbranched alkanes of at least 4 members (excludes halogenated alkanes) is 1. The van der Waals surface area contributed by atoms with Gasteiger partial charge in [0.1, 0.15) is 0 Å². The van der Waals surface area contributed by atoms with Gasteiger partial charge in [-0.15, -0.1) is 0 Å². The van der Waals surface area contributed by atoms with E-state index in [9.17, 15) is 4.79 Å². The zero-order valence-electron chi connectivity index (χ0n) is 17.1. The minimum atomic E-state index is -0.145. The van der Waals surface area contributed by atoms with E-state index in [0.717, 1.165) is 12.8 Å². The summed E-state index contributed by atoms with van der Waals surface area (Å²) in [6.45, 7) is 2.88. The molecule has 0 fully saturated rings. The third kappa shape index (κ3) is 5.15. The van der Waals surface area contributed by atoms with Crippen LogP contribution >= 0.6 is 15.9 Å². The lowest BCUT2D eigenvalue weighted by molar-refractivity contribution is -0.130. The van der Waals surface area contributed by atoms with E-state index in [1.165, 1.54) is 4.90 Å². The summed E-state index contributed by atoms with van der Waals surface area (Å²) in [5.41, 5.74) is 7.78. The molecule has 30 heavy (non-hydrogen) atoms. The van der Waals surface area contributed by atoms with Gasteiger partial charge in [0.25, 0.3) is 5.91 Å². The predicted molar refractivity (Wildman–Crippen MR) is 115 cm³/mol. The molecule has 3 aromatic heterocycles. The number of rotatable bonds is 9. The summed E-state index contributed by atoms with van der Waals surface area (Å²) in [6, 6.07) is 5.58. The third-order valence-electron chi connectivity index (χ3n) is 4.23. The number of carbonyl (C=O) groups is 1. The van der Waals surface area contributed by atoms with Gasteiger partial charge in [0.2, 0.25) is 5.88 Å². The molecule has 11 heteroatoms. The fourth-order valence-electron chi connectivity index (χ4n) is 2.54. The van der Waals surface area contributed by atoms with Crippen molar-refractivity contribution in [2.75, 3.05) is 33.0 Å². The fraction of sp³-hybridized carbons (Fsp3) is 0.421. The molecule has 0 saturated carbocycles. The number of hydrogen-bond acceptors (Lipinski definition) is 8. The second-order valence-electron chi connectivity index (χ2n) is 6.78. The van der Waals surface area contributed by atoms with Gasteiger partial charge in [-0.1, -0.05) is 19.4 Å². The van der Waals surface area contributed by atoms with Gasteiger partial charge < -0.3 is 20.1 Å². The third-order valence-corrected chi connectivity index (χ3v) is 4.83. The fourth-order valence-corrected chi connectivity index (χ4v) is 3.01. The molecule has 0 saturated heterocycles. The van der Waals surface area contributed by atoms with Gasteiger partial charge in [-0.05, 0) is 28.4 Å². The number of aromatic nitrogens is 5. The molecule has 0 bridgehead atoms. The Bertz CT molecular complexity index is 1040. The van der Waals surface area contributed by atoms with Crippen LogP contribution in [-0.4, -0.2) is 62.6 Å². The molecule has 0 aliphatic rings. The number of nitrogens with two attached hydrogens (primary N) is 1. The van der Waals surface area contributed by atoms with E-state index in [2.05, 4.69) is 42.8 Å². The van der Waals surface area contributed by atoms with Crippen LogP contribution < -0.4 is 15.2 Å². The molecule has 0 aliphatic heterocycles. The first kappa shape index (κ1) is 21.8. The van der Waals surface area contributed by atoms with E-state index in [0.29, 0.717) is 40.6 Å². The molecule has 0 aromatic carbocycles. The van der Waals surface area contributed by atoms with Crippen molar-refractivity contribution in [3.05, 3.63) is 28.6 Å². The average Bonchev–Trinajstić information content (AvgIpc) is 3.03. The molecule has 10 nitrogen and oxygen atoms in total. The van der Waals surface area contributed by atoms with Gasteiger partial charge in [0, 0.05) is 20.2 Å². The summed E-state index contributed by atoms with van der Waals surface area (Å²) >= 11 is 3.45. The highest BCUT2D eigenvalue weighted by Crippen LogP contribution is 2.25. The van der Waals surface area contributed by atoms with Gasteiger partial charge in [-0.2, -0.15) is 9.97 Å². The molecule has 2 N–H and O–H groups in total. The van der Waals surface area contributed by atoms with Crippen LogP contribution in [0, 0.1) is 0 Å². The highest BCUT2D eigenvalue weighted by atomic mass is 79.9. The van der Waals surface area contributed by atoms with Crippen molar-refractivity contribution in [1.82, 2.24) is 29.4 Å². The summed E-state index contributed by atoms with van der Waals surface area (Å²) in [5, 5.41) is 0. The van der Waals surface area contributed by atoms with Crippen molar-refractivity contribution in [2.24, 2.45) is 0 Å². The number of hydrogen-bond donors (Lipinski definition) is 1. The molecule has 0 unspecified atom stereocenters. The Kier molecular flexibility index (Phi) is 7.03. The molecular formula is C19H24BrN7O3. The lowest BCUT2D eigenvalue weighted by Crippen LogP contribution is -2.27. The van der Waals surface area contributed by atoms with Gasteiger partial charge in [0.05, 0.1) is 18.8 Å². The number of anilines is 1. The maximum Gasteiger partial charge on any atom is 0.320 e. The smallest absolute Gasteiger partial charge is 0.320 e. The van der Waals surface area contributed by atoms with E-state index in [4.69, 9.17) is 15.2 Å². The van der Waals surface area contributed by atoms with Crippen molar-refractivity contribution < 1.29 is 14.3 Å². The monoisotopic (exact) mass is 477 g/mol. The Labute approximate surface area is 182 Å². The summed E-state index contributed by atoms with van der Waals surface area (Å²) < 4.78 is 13.5. The number of nitrogens with zero attached hydrogens (tertiary/aromatic N) is 6. The normalized spacial score (nSPS) is 10.9. The lowest BCUT2D eigenvalue weighted by Gasteiger charge is -2.12. The van der Waals surface area contributed by atoms with Crippen LogP contribution in [0.4, 0.5) is 5.82 Å². The molecule has 0 aliphatic carbocycles. The van der Waals surface area contributed by atoms with E-state index in [1.54, 1.807) is 20.2 Å². The van der Waals surface area contributed by atoms with Crippen LogP contribution in [0.5, 0.6) is 11.9 Å². The van der Waals surface area contributed by atoms with Crippen LogP contribution in [0.2, 0.25) is 0 Å². The molecule has 1 amide bonds.